The van der Waals surface area contributed by atoms with Crippen molar-refractivity contribution in [2.24, 2.45) is 0 Å². The van der Waals surface area contributed by atoms with E-state index in [0.29, 0.717) is 12.4 Å². The number of sulfonamides is 1. The maximum Gasteiger partial charge on any atom is 0.338 e. The van der Waals surface area contributed by atoms with Gasteiger partial charge in [0.25, 0.3) is 15.9 Å². The molecule has 0 radical (unpaired) electrons. The average Bonchev–Trinajstić information content (AvgIpc) is 3.34. The van der Waals surface area contributed by atoms with Crippen LogP contribution in [0.5, 0.6) is 5.75 Å². The Kier molecular flexibility index (Phi) is 8.07. The topological polar surface area (TPSA) is 111 Å². The SMILES string of the molecule is CCOc1ccc(S(=O)(=O)Nc2ccc(C(=O)OCC(=O)N[C@H](C)c3cccs3)cc2)cc1. The number of thiophene rings is 1. The van der Waals surface area contributed by atoms with Crippen molar-refractivity contribution in [1.29, 1.82) is 0 Å². The first-order valence-electron chi connectivity index (χ1n) is 10.1. The molecule has 0 bridgehead atoms. The van der Waals surface area contributed by atoms with Crippen LogP contribution in [0.2, 0.25) is 0 Å². The smallest absolute Gasteiger partial charge is 0.338 e. The first-order chi connectivity index (χ1) is 15.8. The molecule has 0 spiro atoms. The highest BCUT2D eigenvalue weighted by Crippen LogP contribution is 2.20. The van der Waals surface area contributed by atoms with Gasteiger partial charge in [0.15, 0.2) is 6.61 Å². The number of benzene rings is 2. The van der Waals surface area contributed by atoms with Crippen LogP contribution < -0.4 is 14.8 Å². The number of ether oxygens (including phenoxy) is 2. The Bertz CT molecular complexity index is 1170. The molecule has 2 N–H and O–H groups in total. The number of hydrogen-bond donors (Lipinski definition) is 2. The molecule has 0 saturated carbocycles. The highest BCUT2D eigenvalue weighted by molar-refractivity contribution is 7.92. The normalized spacial score (nSPS) is 11.9. The second kappa shape index (κ2) is 11.0. The van der Waals surface area contributed by atoms with E-state index in [9.17, 15) is 18.0 Å². The Labute approximate surface area is 196 Å². The summed E-state index contributed by atoms with van der Waals surface area (Å²) < 4.78 is 37.9. The van der Waals surface area contributed by atoms with E-state index < -0.39 is 28.5 Å². The monoisotopic (exact) mass is 488 g/mol. The van der Waals surface area contributed by atoms with Gasteiger partial charge in [-0.05, 0) is 73.8 Å². The summed E-state index contributed by atoms with van der Waals surface area (Å²) in [6.45, 7) is 3.75. The van der Waals surface area contributed by atoms with Crippen molar-refractivity contribution in [1.82, 2.24) is 5.32 Å². The lowest BCUT2D eigenvalue weighted by atomic mass is 10.2. The Morgan fingerprint density at radius 2 is 1.73 bits per heavy atom. The van der Waals surface area contributed by atoms with Crippen LogP contribution in [0.3, 0.4) is 0 Å². The van der Waals surface area contributed by atoms with Gasteiger partial charge in [0.2, 0.25) is 0 Å². The Morgan fingerprint density at radius 3 is 2.33 bits per heavy atom. The zero-order valence-electron chi connectivity index (χ0n) is 18.1. The van der Waals surface area contributed by atoms with E-state index in [1.807, 2.05) is 31.4 Å². The summed E-state index contributed by atoms with van der Waals surface area (Å²) in [5.74, 6) is -0.521. The minimum absolute atomic E-state index is 0.0808. The summed E-state index contributed by atoms with van der Waals surface area (Å²) in [5.41, 5.74) is 0.473. The fourth-order valence-electron chi connectivity index (χ4n) is 2.88. The Hall–Kier alpha value is -3.37. The van der Waals surface area contributed by atoms with Crippen molar-refractivity contribution >= 4 is 38.9 Å². The van der Waals surface area contributed by atoms with E-state index >= 15 is 0 Å². The molecule has 1 atom stereocenters. The van der Waals surface area contributed by atoms with Crippen LogP contribution in [-0.4, -0.2) is 33.5 Å². The quantitative estimate of drug-likeness (QED) is 0.418. The molecule has 2 aromatic carbocycles. The van der Waals surface area contributed by atoms with Crippen molar-refractivity contribution in [2.75, 3.05) is 17.9 Å². The highest BCUT2D eigenvalue weighted by Gasteiger charge is 2.16. The largest absolute Gasteiger partial charge is 0.494 e. The standard InChI is InChI=1S/C23H24N2O6S2/c1-3-30-19-10-12-20(13-11-19)33(28,29)25-18-8-6-17(7-9-18)23(27)31-15-22(26)24-16(2)21-5-4-14-32-21/h4-14,16,25H,3,15H2,1-2H3,(H,24,26)/t16-/m1/s1. The molecule has 0 aliphatic heterocycles. The molecule has 1 aromatic heterocycles. The van der Waals surface area contributed by atoms with Crippen molar-refractivity contribution < 1.29 is 27.5 Å². The van der Waals surface area contributed by atoms with Crippen LogP contribution in [-0.2, 0) is 19.6 Å². The first kappa shape index (κ1) is 24.3. The van der Waals surface area contributed by atoms with Crippen LogP contribution in [0.25, 0.3) is 0 Å². The molecular weight excluding hydrogens is 464 g/mol. The van der Waals surface area contributed by atoms with Crippen molar-refractivity contribution in [3.8, 4) is 5.75 Å². The molecule has 33 heavy (non-hydrogen) atoms. The van der Waals surface area contributed by atoms with Gasteiger partial charge in [-0.3, -0.25) is 9.52 Å². The van der Waals surface area contributed by atoms with E-state index in [4.69, 9.17) is 9.47 Å². The molecule has 0 unspecified atom stereocenters. The van der Waals surface area contributed by atoms with E-state index in [0.717, 1.165) is 4.88 Å². The molecule has 0 aliphatic rings. The van der Waals surface area contributed by atoms with Crippen LogP contribution in [0.15, 0.2) is 70.9 Å². The number of carbonyl (C=O) groups excluding carboxylic acids is 2. The number of hydrogen-bond acceptors (Lipinski definition) is 7. The second-order valence-electron chi connectivity index (χ2n) is 6.97. The number of esters is 1. The van der Waals surface area contributed by atoms with Gasteiger partial charge in [-0.15, -0.1) is 11.3 Å². The summed E-state index contributed by atoms with van der Waals surface area (Å²) in [6, 6.07) is 15.4. The lowest BCUT2D eigenvalue weighted by Crippen LogP contribution is -2.30. The predicted molar refractivity (Wildman–Crippen MR) is 126 cm³/mol. The third-order valence-corrected chi connectivity index (χ3v) is 6.95. The number of carbonyl (C=O) groups is 2. The minimum Gasteiger partial charge on any atom is -0.494 e. The lowest BCUT2D eigenvalue weighted by Gasteiger charge is -2.12. The van der Waals surface area contributed by atoms with Gasteiger partial charge >= 0.3 is 5.97 Å². The predicted octanol–water partition coefficient (Wildman–Crippen LogP) is 3.98. The zero-order valence-corrected chi connectivity index (χ0v) is 19.7. The third-order valence-electron chi connectivity index (χ3n) is 4.50. The van der Waals surface area contributed by atoms with Gasteiger partial charge in [-0.1, -0.05) is 6.07 Å². The van der Waals surface area contributed by atoms with Crippen LogP contribution in [0, 0.1) is 0 Å². The second-order valence-corrected chi connectivity index (χ2v) is 9.63. The van der Waals surface area contributed by atoms with Crippen molar-refractivity contribution in [2.45, 2.75) is 24.8 Å². The maximum absolute atomic E-state index is 12.6. The summed E-state index contributed by atoms with van der Waals surface area (Å²) >= 11 is 1.52. The number of anilines is 1. The third kappa shape index (κ3) is 6.80. The average molecular weight is 489 g/mol. The van der Waals surface area contributed by atoms with Gasteiger partial charge in [0.05, 0.1) is 23.1 Å². The van der Waals surface area contributed by atoms with Crippen LogP contribution in [0.4, 0.5) is 5.69 Å². The fourth-order valence-corrected chi connectivity index (χ4v) is 4.67. The Balaban J connectivity index is 1.53. The van der Waals surface area contributed by atoms with Crippen molar-refractivity contribution in [3.63, 3.8) is 0 Å². The molecule has 3 rings (SSSR count). The molecule has 8 nitrogen and oxygen atoms in total. The molecule has 0 saturated heterocycles. The zero-order chi connectivity index (χ0) is 23.8. The fraction of sp³-hybridized carbons (Fsp3) is 0.217. The summed E-state index contributed by atoms with van der Waals surface area (Å²) in [5, 5.41) is 4.68. The minimum atomic E-state index is -3.80. The summed E-state index contributed by atoms with van der Waals surface area (Å²) in [7, 11) is -3.80. The number of nitrogens with one attached hydrogen (secondary N) is 2. The Morgan fingerprint density at radius 1 is 1.03 bits per heavy atom. The molecule has 0 aliphatic carbocycles. The number of amides is 1. The maximum atomic E-state index is 12.6. The van der Waals surface area contributed by atoms with Crippen molar-refractivity contribution in [3.05, 3.63) is 76.5 Å². The molecule has 3 aromatic rings. The summed E-state index contributed by atoms with van der Waals surface area (Å²) in [6.07, 6.45) is 0. The molecule has 0 fully saturated rings. The van der Waals surface area contributed by atoms with Gasteiger partial charge in [0.1, 0.15) is 5.75 Å². The van der Waals surface area contributed by atoms with E-state index in [2.05, 4.69) is 10.0 Å². The molecule has 10 heteroatoms. The van der Waals surface area contributed by atoms with E-state index in [1.165, 1.54) is 47.7 Å². The van der Waals surface area contributed by atoms with Crippen LogP contribution >= 0.6 is 11.3 Å². The van der Waals surface area contributed by atoms with Crippen LogP contribution in [0.1, 0.15) is 35.1 Å². The molecule has 174 valence electrons. The summed E-state index contributed by atoms with van der Waals surface area (Å²) in [4.78, 5) is 25.3. The van der Waals surface area contributed by atoms with E-state index in [-0.39, 0.29) is 22.2 Å². The highest BCUT2D eigenvalue weighted by atomic mass is 32.2. The molecule has 1 heterocycles. The first-order valence-corrected chi connectivity index (χ1v) is 12.5. The van der Waals surface area contributed by atoms with Gasteiger partial charge in [-0.25, -0.2) is 13.2 Å². The lowest BCUT2D eigenvalue weighted by molar-refractivity contribution is -0.124. The van der Waals surface area contributed by atoms with Gasteiger partial charge in [-0.2, -0.15) is 0 Å². The molecule has 1 amide bonds. The van der Waals surface area contributed by atoms with Gasteiger partial charge < -0.3 is 14.8 Å². The van der Waals surface area contributed by atoms with E-state index in [1.54, 1.807) is 12.1 Å². The number of rotatable bonds is 10. The molecular formula is C23H24N2O6S2. The van der Waals surface area contributed by atoms with Gasteiger partial charge in [0, 0.05) is 10.6 Å².